The number of hydrogen-bond donors (Lipinski definition) is 3. The summed E-state index contributed by atoms with van der Waals surface area (Å²) in [6, 6.07) is 4.31. The highest BCUT2D eigenvalue weighted by atomic mass is 35.5. The zero-order chi connectivity index (χ0) is 19.2. The van der Waals surface area contributed by atoms with Gasteiger partial charge < -0.3 is 20.9 Å². The standard InChI is InChI=1S/C14H18Cl2N2O6S.ClH/c1-25(22,23)9-4-2-8(3-5-9)12(20)10(7-24-11(19)6-17)18-14(21)13(15)16;/h2-5,10,12-13,20H,6-7,17H2,1H3,(H,18,21);1H/t10-,12-;/m1./s1. The second kappa shape index (κ2) is 10.9. The number of amides is 1. The van der Waals surface area contributed by atoms with Crippen molar-refractivity contribution < 1.29 is 27.9 Å². The highest BCUT2D eigenvalue weighted by Gasteiger charge is 2.26. The summed E-state index contributed by atoms with van der Waals surface area (Å²) in [5.41, 5.74) is 5.42. The Bertz CT molecular complexity index is 712. The molecule has 0 aliphatic rings. The van der Waals surface area contributed by atoms with E-state index in [0.717, 1.165) is 6.26 Å². The number of carbonyl (C=O) groups excluding carboxylic acids is 2. The van der Waals surface area contributed by atoms with Gasteiger partial charge in [-0.3, -0.25) is 9.59 Å². The minimum Gasteiger partial charge on any atom is -0.462 e. The maximum absolute atomic E-state index is 11.7. The number of nitrogens with two attached hydrogens (primary N) is 1. The van der Waals surface area contributed by atoms with Gasteiger partial charge in [0.15, 0.2) is 14.7 Å². The number of nitrogens with one attached hydrogen (secondary N) is 1. The van der Waals surface area contributed by atoms with Crippen molar-refractivity contribution in [2.75, 3.05) is 19.4 Å². The smallest absolute Gasteiger partial charge is 0.319 e. The van der Waals surface area contributed by atoms with Crippen LogP contribution >= 0.6 is 35.6 Å². The number of benzene rings is 1. The lowest BCUT2D eigenvalue weighted by atomic mass is 10.0. The molecule has 0 aliphatic heterocycles. The molecule has 0 aliphatic carbocycles. The van der Waals surface area contributed by atoms with Gasteiger partial charge in [0.05, 0.1) is 17.5 Å². The van der Waals surface area contributed by atoms with Crippen molar-refractivity contribution in [2.45, 2.75) is 21.9 Å². The normalized spacial score (nSPS) is 13.5. The molecule has 148 valence electrons. The molecule has 0 saturated carbocycles. The molecule has 12 heteroatoms. The Morgan fingerprint density at radius 1 is 1.27 bits per heavy atom. The van der Waals surface area contributed by atoms with Crippen molar-refractivity contribution in [3.63, 3.8) is 0 Å². The second-order valence-corrected chi connectivity index (χ2v) is 8.20. The van der Waals surface area contributed by atoms with Gasteiger partial charge in [0.2, 0.25) is 0 Å². The fourth-order valence-electron chi connectivity index (χ4n) is 1.84. The van der Waals surface area contributed by atoms with Crippen LogP contribution in [0.25, 0.3) is 0 Å². The van der Waals surface area contributed by atoms with Crippen LogP contribution in [-0.2, 0) is 24.2 Å². The number of alkyl halides is 2. The third-order valence-electron chi connectivity index (χ3n) is 3.15. The maximum Gasteiger partial charge on any atom is 0.319 e. The molecule has 1 aromatic rings. The summed E-state index contributed by atoms with van der Waals surface area (Å²) in [6.07, 6.45) is -0.260. The first-order chi connectivity index (χ1) is 11.6. The number of ether oxygens (including phenoxy) is 1. The van der Waals surface area contributed by atoms with Gasteiger partial charge in [-0.1, -0.05) is 35.3 Å². The van der Waals surface area contributed by atoms with Gasteiger partial charge in [-0.2, -0.15) is 0 Å². The average Bonchev–Trinajstić information content (AvgIpc) is 2.56. The molecule has 26 heavy (non-hydrogen) atoms. The molecule has 4 N–H and O–H groups in total. The molecule has 1 amide bonds. The number of sulfone groups is 1. The van der Waals surface area contributed by atoms with Crippen molar-refractivity contribution in [2.24, 2.45) is 5.73 Å². The van der Waals surface area contributed by atoms with Crippen molar-refractivity contribution >= 4 is 57.3 Å². The zero-order valence-electron chi connectivity index (χ0n) is 13.6. The van der Waals surface area contributed by atoms with E-state index >= 15 is 0 Å². The fraction of sp³-hybridized carbons (Fsp3) is 0.429. The summed E-state index contributed by atoms with van der Waals surface area (Å²) in [5, 5.41) is 12.8. The minimum absolute atomic E-state index is 0. The van der Waals surface area contributed by atoms with Gasteiger partial charge >= 0.3 is 5.97 Å². The summed E-state index contributed by atoms with van der Waals surface area (Å²) in [6.45, 7) is -0.745. The summed E-state index contributed by atoms with van der Waals surface area (Å²) in [5.74, 6) is -1.52. The first-order valence-corrected chi connectivity index (χ1v) is 9.75. The Morgan fingerprint density at radius 2 is 1.81 bits per heavy atom. The molecule has 2 atom stereocenters. The monoisotopic (exact) mass is 448 g/mol. The third kappa shape index (κ3) is 7.65. The van der Waals surface area contributed by atoms with Crippen LogP contribution in [0.15, 0.2) is 29.2 Å². The number of esters is 1. The molecule has 0 bridgehead atoms. The molecule has 0 unspecified atom stereocenters. The summed E-state index contributed by atoms with van der Waals surface area (Å²) < 4.78 is 27.8. The Labute approximate surface area is 167 Å². The molecule has 0 radical (unpaired) electrons. The average molecular weight is 450 g/mol. The number of halogens is 3. The Balaban J connectivity index is 0.00000625. The van der Waals surface area contributed by atoms with E-state index in [9.17, 15) is 23.1 Å². The molecule has 0 aromatic heterocycles. The van der Waals surface area contributed by atoms with Crippen molar-refractivity contribution in [1.82, 2.24) is 5.32 Å². The van der Waals surface area contributed by atoms with Crippen LogP contribution in [0, 0.1) is 0 Å². The van der Waals surface area contributed by atoms with Gasteiger partial charge in [-0.05, 0) is 17.7 Å². The lowest BCUT2D eigenvalue weighted by molar-refractivity contribution is -0.144. The van der Waals surface area contributed by atoms with Gasteiger partial charge in [-0.15, -0.1) is 12.4 Å². The van der Waals surface area contributed by atoms with Crippen molar-refractivity contribution in [1.29, 1.82) is 0 Å². The highest BCUT2D eigenvalue weighted by molar-refractivity contribution is 7.90. The molecule has 8 nitrogen and oxygen atoms in total. The Hall–Kier alpha value is -1.10. The van der Waals surface area contributed by atoms with Crippen LogP contribution in [0.3, 0.4) is 0 Å². The molecule has 0 saturated heterocycles. The van der Waals surface area contributed by atoms with Crippen LogP contribution in [0.2, 0.25) is 0 Å². The quantitative estimate of drug-likeness (QED) is 0.384. The first-order valence-electron chi connectivity index (χ1n) is 6.98. The predicted molar refractivity (Wildman–Crippen MR) is 99.2 cm³/mol. The topological polar surface area (TPSA) is 136 Å². The summed E-state index contributed by atoms with van der Waals surface area (Å²) >= 11 is 10.9. The van der Waals surface area contributed by atoms with E-state index in [0.29, 0.717) is 5.56 Å². The third-order valence-corrected chi connectivity index (χ3v) is 4.67. The summed E-state index contributed by atoms with van der Waals surface area (Å²) in [7, 11) is -3.39. The molecule has 0 fully saturated rings. The number of aliphatic hydroxyl groups excluding tert-OH is 1. The number of aliphatic hydroxyl groups is 1. The molecular formula is C14H19Cl3N2O6S. The summed E-state index contributed by atoms with van der Waals surface area (Å²) in [4.78, 5) is 21.5. The van der Waals surface area contributed by atoms with Crippen LogP contribution in [-0.4, -0.2) is 55.7 Å². The number of carbonyl (C=O) groups is 2. The van der Waals surface area contributed by atoms with E-state index < -0.39 is 38.7 Å². The lowest BCUT2D eigenvalue weighted by Crippen LogP contribution is -2.45. The minimum atomic E-state index is -3.39. The SMILES string of the molecule is CS(=O)(=O)c1ccc([C@@H](O)[C@@H](COC(=O)CN)NC(=O)C(Cl)Cl)cc1.Cl. The van der Waals surface area contributed by atoms with Crippen LogP contribution < -0.4 is 11.1 Å². The molecule has 0 heterocycles. The largest absolute Gasteiger partial charge is 0.462 e. The van der Waals surface area contributed by atoms with E-state index in [1.807, 2.05) is 0 Å². The predicted octanol–water partition coefficient (Wildman–Crippen LogP) is 0.336. The van der Waals surface area contributed by atoms with Crippen LogP contribution in [0.5, 0.6) is 0 Å². The number of hydrogen-bond acceptors (Lipinski definition) is 7. The lowest BCUT2D eigenvalue weighted by Gasteiger charge is -2.24. The second-order valence-electron chi connectivity index (χ2n) is 5.09. The molecular weight excluding hydrogens is 431 g/mol. The first kappa shape index (κ1) is 24.9. The van der Waals surface area contributed by atoms with Gasteiger partial charge in [0.1, 0.15) is 12.7 Å². The van der Waals surface area contributed by atoms with Crippen molar-refractivity contribution in [3.05, 3.63) is 29.8 Å². The van der Waals surface area contributed by atoms with Crippen LogP contribution in [0.4, 0.5) is 0 Å². The van der Waals surface area contributed by atoms with E-state index in [1.54, 1.807) is 0 Å². The van der Waals surface area contributed by atoms with E-state index in [1.165, 1.54) is 24.3 Å². The van der Waals surface area contributed by atoms with E-state index in [-0.39, 0.29) is 30.5 Å². The molecule has 1 rings (SSSR count). The highest BCUT2D eigenvalue weighted by Crippen LogP contribution is 2.20. The van der Waals surface area contributed by atoms with Gasteiger partial charge in [0.25, 0.3) is 5.91 Å². The zero-order valence-corrected chi connectivity index (χ0v) is 16.7. The fourth-order valence-corrected chi connectivity index (χ4v) is 2.60. The van der Waals surface area contributed by atoms with E-state index in [2.05, 4.69) is 5.32 Å². The Kier molecular flexibility index (Phi) is 10.4. The molecule has 1 aromatic carbocycles. The van der Waals surface area contributed by atoms with E-state index in [4.69, 9.17) is 33.7 Å². The van der Waals surface area contributed by atoms with Crippen molar-refractivity contribution in [3.8, 4) is 0 Å². The van der Waals surface area contributed by atoms with Gasteiger partial charge in [-0.25, -0.2) is 8.42 Å². The maximum atomic E-state index is 11.7. The Morgan fingerprint density at radius 3 is 2.23 bits per heavy atom. The number of rotatable bonds is 8. The molecule has 0 spiro atoms. The van der Waals surface area contributed by atoms with Gasteiger partial charge in [0, 0.05) is 6.26 Å². The van der Waals surface area contributed by atoms with Crippen LogP contribution in [0.1, 0.15) is 11.7 Å².